The van der Waals surface area contributed by atoms with E-state index in [1.54, 1.807) is 0 Å². The van der Waals surface area contributed by atoms with Crippen molar-refractivity contribution in [2.45, 2.75) is 32.4 Å². The zero-order valence-corrected chi connectivity index (χ0v) is 13.2. The van der Waals surface area contributed by atoms with Crippen LogP contribution in [0.15, 0.2) is 42.5 Å². The molecule has 110 valence electrons. The summed E-state index contributed by atoms with van der Waals surface area (Å²) in [5, 5.41) is 4.31. The molecule has 1 aliphatic heterocycles. The minimum atomic E-state index is 0.212. The lowest BCUT2D eigenvalue weighted by molar-refractivity contribution is 0.222. The highest BCUT2D eigenvalue weighted by molar-refractivity contribution is 6.30. The van der Waals surface area contributed by atoms with E-state index < -0.39 is 0 Å². The molecule has 0 fully saturated rings. The first kappa shape index (κ1) is 14.4. The summed E-state index contributed by atoms with van der Waals surface area (Å²) in [6.45, 7) is 5.10. The Labute approximate surface area is 131 Å². The van der Waals surface area contributed by atoms with Crippen LogP contribution in [0, 0.1) is 6.92 Å². The molecule has 0 saturated heterocycles. The van der Waals surface area contributed by atoms with Crippen LogP contribution >= 0.6 is 11.6 Å². The zero-order valence-electron chi connectivity index (χ0n) is 12.4. The van der Waals surface area contributed by atoms with Gasteiger partial charge in [0.1, 0.15) is 11.9 Å². The lowest BCUT2D eigenvalue weighted by Crippen LogP contribution is -2.31. The van der Waals surface area contributed by atoms with Gasteiger partial charge in [0.2, 0.25) is 0 Å². The molecule has 21 heavy (non-hydrogen) atoms. The Balaban J connectivity index is 1.57. The number of fused-ring (bicyclic) bond motifs is 1. The zero-order chi connectivity index (χ0) is 14.8. The van der Waals surface area contributed by atoms with Crippen LogP contribution in [-0.4, -0.2) is 12.6 Å². The van der Waals surface area contributed by atoms with Gasteiger partial charge in [0.15, 0.2) is 0 Å². The number of ether oxygens (including phenoxy) is 1. The van der Waals surface area contributed by atoms with Gasteiger partial charge in [-0.2, -0.15) is 0 Å². The largest absolute Gasteiger partial charge is 0.488 e. The van der Waals surface area contributed by atoms with Gasteiger partial charge in [0.05, 0.1) is 0 Å². The quantitative estimate of drug-likeness (QED) is 0.909. The van der Waals surface area contributed by atoms with Crippen LogP contribution in [-0.2, 0) is 6.42 Å². The second kappa shape index (κ2) is 6.08. The maximum absolute atomic E-state index is 6.04. The third-order valence-corrected chi connectivity index (χ3v) is 4.19. The molecular formula is C18H20ClNO. The summed E-state index contributed by atoms with van der Waals surface area (Å²) >= 11 is 6.04. The summed E-state index contributed by atoms with van der Waals surface area (Å²) in [5.74, 6) is 1.03. The number of hydrogen-bond donors (Lipinski definition) is 1. The van der Waals surface area contributed by atoms with Crippen LogP contribution < -0.4 is 10.1 Å². The molecule has 0 radical (unpaired) electrons. The standard InChI is InChI=1S/C18H20ClNO/c1-12-6-7-18-15(8-12)10-17(21-18)11-20-13(2)14-4-3-5-16(19)9-14/h3-9,13,17,20H,10-11H2,1-2H3/t13-,17?/m1/s1. The maximum atomic E-state index is 6.04. The van der Waals surface area contributed by atoms with E-state index in [-0.39, 0.29) is 12.1 Å². The van der Waals surface area contributed by atoms with Gasteiger partial charge in [-0.3, -0.25) is 0 Å². The first-order valence-electron chi connectivity index (χ1n) is 7.37. The van der Waals surface area contributed by atoms with Gasteiger partial charge in [-0.25, -0.2) is 0 Å². The second-order valence-corrected chi connectivity index (χ2v) is 6.18. The molecule has 0 saturated carbocycles. The number of aryl methyl sites for hydroxylation is 1. The van der Waals surface area contributed by atoms with Crippen LogP contribution in [0.5, 0.6) is 5.75 Å². The van der Waals surface area contributed by atoms with Crippen molar-refractivity contribution in [1.82, 2.24) is 5.32 Å². The monoisotopic (exact) mass is 301 g/mol. The summed E-state index contributed by atoms with van der Waals surface area (Å²) in [4.78, 5) is 0. The molecule has 1 unspecified atom stereocenters. The number of hydrogen-bond acceptors (Lipinski definition) is 2. The van der Waals surface area contributed by atoms with Gasteiger partial charge in [-0.05, 0) is 43.2 Å². The normalized spacial score (nSPS) is 18.1. The van der Waals surface area contributed by atoms with Crippen molar-refractivity contribution in [3.8, 4) is 5.75 Å². The molecule has 0 amide bonds. The van der Waals surface area contributed by atoms with Crippen LogP contribution in [0.4, 0.5) is 0 Å². The van der Waals surface area contributed by atoms with E-state index in [4.69, 9.17) is 16.3 Å². The molecule has 1 heterocycles. The molecule has 1 N–H and O–H groups in total. The van der Waals surface area contributed by atoms with Gasteiger partial charge in [-0.1, -0.05) is 41.4 Å². The smallest absolute Gasteiger partial charge is 0.123 e. The molecule has 2 nitrogen and oxygen atoms in total. The number of halogens is 1. The van der Waals surface area contributed by atoms with Crippen LogP contribution in [0.1, 0.15) is 29.7 Å². The van der Waals surface area contributed by atoms with Gasteiger partial charge < -0.3 is 10.1 Å². The molecule has 0 aromatic heterocycles. The Hall–Kier alpha value is -1.51. The Kier molecular flexibility index (Phi) is 4.18. The topological polar surface area (TPSA) is 21.3 Å². The molecule has 0 aliphatic carbocycles. The Bertz CT molecular complexity index is 641. The fourth-order valence-corrected chi connectivity index (χ4v) is 2.96. The maximum Gasteiger partial charge on any atom is 0.123 e. The van der Waals surface area contributed by atoms with E-state index in [1.165, 1.54) is 16.7 Å². The Morgan fingerprint density at radius 3 is 2.95 bits per heavy atom. The third-order valence-electron chi connectivity index (χ3n) is 3.96. The van der Waals surface area contributed by atoms with Crippen LogP contribution in [0.3, 0.4) is 0 Å². The van der Waals surface area contributed by atoms with Crippen molar-refractivity contribution >= 4 is 11.6 Å². The van der Waals surface area contributed by atoms with E-state index in [0.29, 0.717) is 0 Å². The van der Waals surface area contributed by atoms with E-state index in [1.807, 2.05) is 18.2 Å². The van der Waals surface area contributed by atoms with Gasteiger partial charge in [0.25, 0.3) is 0 Å². The van der Waals surface area contributed by atoms with E-state index >= 15 is 0 Å². The molecule has 2 aromatic rings. The van der Waals surface area contributed by atoms with Crippen LogP contribution in [0.25, 0.3) is 0 Å². The molecular weight excluding hydrogens is 282 g/mol. The Morgan fingerprint density at radius 2 is 2.14 bits per heavy atom. The van der Waals surface area contributed by atoms with E-state index in [0.717, 1.165) is 23.7 Å². The highest BCUT2D eigenvalue weighted by Crippen LogP contribution is 2.29. The summed E-state index contributed by atoms with van der Waals surface area (Å²) in [6.07, 6.45) is 1.19. The van der Waals surface area contributed by atoms with Crippen molar-refractivity contribution in [1.29, 1.82) is 0 Å². The van der Waals surface area contributed by atoms with Gasteiger partial charge in [0, 0.05) is 24.0 Å². The second-order valence-electron chi connectivity index (χ2n) is 5.74. The summed E-state index contributed by atoms with van der Waals surface area (Å²) in [7, 11) is 0. The minimum absolute atomic E-state index is 0.212. The summed E-state index contributed by atoms with van der Waals surface area (Å²) in [6, 6.07) is 14.6. The fourth-order valence-electron chi connectivity index (χ4n) is 2.77. The minimum Gasteiger partial charge on any atom is -0.488 e. The first-order chi connectivity index (χ1) is 10.1. The summed E-state index contributed by atoms with van der Waals surface area (Å²) in [5.41, 5.74) is 3.81. The van der Waals surface area contributed by atoms with E-state index in [2.05, 4.69) is 43.4 Å². The number of nitrogens with one attached hydrogen (secondary N) is 1. The molecule has 0 spiro atoms. The lowest BCUT2D eigenvalue weighted by atomic mass is 10.1. The average Bonchev–Trinajstić information content (AvgIpc) is 2.86. The van der Waals surface area contributed by atoms with Crippen molar-refractivity contribution in [2.75, 3.05) is 6.54 Å². The molecule has 0 bridgehead atoms. The van der Waals surface area contributed by atoms with Crippen molar-refractivity contribution in [3.63, 3.8) is 0 Å². The molecule has 2 atom stereocenters. The predicted octanol–water partition coefficient (Wildman–Crippen LogP) is 4.30. The first-order valence-corrected chi connectivity index (χ1v) is 7.74. The Morgan fingerprint density at radius 1 is 1.29 bits per heavy atom. The number of benzene rings is 2. The van der Waals surface area contributed by atoms with E-state index in [9.17, 15) is 0 Å². The lowest BCUT2D eigenvalue weighted by Gasteiger charge is -2.18. The van der Waals surface area contributed by atoms with Gasteiger partial charge in [-0.15, -0.1) is 0 Å². The molecule has 3 heteroatoms. The average molecular weight is 302 g/mol. The SMILES string of the molecule is Cc1ccc2c(c1)CC(CN[C@H](C)c1cccc(Cl)c1)O2. The predicted molar refractivity (Wildman–Crippen MR) is 87.2 cm³/mol. The summed E-state index contributed by atoms with van der Waals surface area (Å²) < 4.78 is 5.98. The van der Waals surface area contributed by atoms with Crippen molar-refractivity contribution in [3.05, 3.63) is 64.2 Å². The third kappa shape index (κ3) is 3.39. The number of rotatable bonds is 4. The highest BCUT2D eigenvalue weighted by atomic mass is 35.5. The molecule has 1 aliphatic rings. The van der Waals surface area contributed by atoms with Crippen LogP contribution in [0.2, 0.25) is 5.02 Å². The molecule has 3 rings (SSSR count). The van der Waals surface area contributed by atoms with Crippen molar-refractivity contribution in [2.24, 2.45) is 0 Å². The van der Waals surface area contributed by atoms with Gasteiger partial charge >= 0.3 is 0 Å². The fraction of sp³-hybridized carbons (Fsp3) is 0.333. The molecule has 2 aromatic carbocycles. The highest BCUT2D eigenvalue weighted by Gasteiger charge is 2.23. The van der Waals surface area contributed by atoms with Crippen molar-refractivity contribution < 1.29 is 4.74 Å².